The van der Waals surface area contributed by atoms with Crippen LogP contribution < -0.4 is 0 Å². The number of fused-ring (bicyclic) bond motifs is 1. The summed E-state index contributed by atoms with van der Waals surface area (Å²) in [7, 11) is 0. The maximum absolute atomic E-state index is 12.5. The molecule has 1 saturated carbocycles. The first-order valence-electron chi connectivity index (χ1n) is 11.5. The van der Waals surface area contributed by atoms with Crippen molar-refractivity contribution in [3.63, 3.8) is 0 Å². The summed E-state index contributed by atoms with van der Waals surface area (Å²) in [5.41, 5.74) is -0.634. The molecule has 0 radical (unpaired) electrons. The van der Waals surface area contributed by atoms with Crippen molar-refractivity contribution in [1.82, 2.24) is 0 Å². The zero-order valence-electron chi connectivity index (χ0n) is 19.6. The highest BCUT2D eigenvalue weighted by Gasteiger charge is 2.62. The highest BCUT2D eigenvalue weighted by Crippen LogP contribution is 2.50. The fourth-order valence-electron chi connectivity index (χ4n) is 4.57. The molecule has 0 spiro atoms. The number of benzene rings is 1. The van der Waals surface area contributed by atoms with Crippen LogP contribution in [0.15, 0.2) is 54.5 Å². The molecule has 1 fully saturated rings. The van der Waals surface area contributed by atoms with E-state index in [2.05, 4.69) is 20.4 Å². The quantitative estimate of drug-likeness (QED) is 0.232. The summed E-state index contributed by atoms with van der Waals surface area (Å²) >= 11 is 0. The monoisotopic (exact) mass is 474 g/mol. The van der Waals surface area contributed by atoms with Crippen LogP contribution >= 0.6 is 0 Å². The predicted octanol–water partition coefficient (Wildman–Crippen LogP) is 2.88. The number of phenols is 1. The zero-order valence-corrected chi connectivity index (χ0v) is 19.6. The smallest absolute Gasteiger partial charge is 0.331 e. The Morgan fingerprint density at radius 1 is 1.29 bits per heavy atom. The van der Waals surface area contributed by atoms with E-state index in [0.29, 0.717) is 29.2 Å². The Morgan fingerprint density at radius 2 is 2.00 bits per heavy atom. The minimum atomic E-state index is -1.84. The second-order valence-corrected chi connectivity index (χ2v) is 9.10. The molecule has 1 aromatic rings. The van der Waals surface area contributed by atoms with Crippen LogP contribution in [0.25, 0.3) is 6.08 Å². The molecule has 4 N–H and O–H groups in total. The van der Waals surface area contributed by atoms with Gasteiger partial charge in [-0.05, 0) is 41.7 Å². The summed E-state index contributed by atoms with van der Waals surface area (Å²) in [4.78, 5) is 12.5. The standard InChI is InChI=1S/C26H34O8/c1-4-16(2)11-17(3)33-25-24-21(19(13-27)14-32-25)12-22(26(24,31)15-28)34-23(30)10-7-18-5-8-20(29)9-6-18/h5-10,14,16,21-22,24-25,27-29,31H,3-4,11-13,15H2,1-2H3/b10-7-/t16-,21+,22+,24+,25+,26-/m1/s1. The lowest BCUT2D eigenvalue weighted by atomic mass is 9.80. The van der Waals surface area contributed by atoms with Crippen LogP contribution in [0.5, 0.6) is 5.75 Å². The Labute approximate surface area is 199 Å². The third kappa shape index (κ3) is 5.63. The fourth-order valence-corrected chi connectivity index (χ4v) is 4.57. The SMILES string of the molecule is C=C(C[C@H](C)CC)O[C@@H]1OC=C(CO)[C@@H]2C[C@H](OC(=O)/C=C\c3ccc(O)cc3)[C@](O)(CO)[C@H]12. The number of carbonyl (C=O) groups excluding carboxylic acids is 1. The van der Waals surface area contributed by atoms with Gasteiger partial charge in [0.15, 0.2) is 0 Å². The number of aliphatic hydroxyl groups is 3. The second kappa shape index (κ2) is 11.1. The summed E-state index contributed by atoms with van der Waals surface area (Å²) in [5.74, 6) is -0.938. The maximum Gasteiger partial charge on any atom is 0.331 e. The average Bonchev–Trinajstić information content (AvgIpc) is 3.11. The second-order valence-electron chi connectivity index (χ2n) is 9.10. The number of aromatic hydroxyl groups is 1. The molecular weight excluding hydrogens is 440 g/mol. The van der Waals surface area contributed by atoms with E-state index in [-0.39, 0.29) is 18.8 Å². The molecule has 186 valence electrons. The van der Waals surface area contributed by atoms with Gasteiger partial charge in [-0.2, -0.15) is 0 Å². The Kier molecular flexibility index (Phi) is 8.41. The number of rotatable bonds is 10. The van der Waals surface area contributed by atoms with Gasteiger partial charge in [-0.15, -0.1) is 0 Å². The Balaban J connectivity index is 1.77. The van der Waals surface area contributed by atoms with Crippen molar-refractivity contribution in [3.05, 3.63) is 60.1 Å². The van der Waals surface area contributed by atoms with E-state index in [0.717, 1.165) is 6.42 Å². The molecule has 1 aliphatic carbocycles. The van der Waals surface area contributed by atoms with E-state index >= 15 is 0 Å². The molecule has 0 saturated heterocycles. The Morgan fingerprint density at radius 3 is 2.62 bits per heavy atom. The molecule has 34 heavy (non-hydrogen) atoms. The van der Waals surface area contributed by atoms with Gasteiger partial charge in [0.2, 0.25) is 6.29 Å². The van der Waals surface area contributed by atoms with Gasteiger partial charge in [0, 0.05) is 18.4 Å². The molecule has 1 aromatic carbocycles. The normalized spacial score (nSPS) is 29.1. The third-order valence-electron chi connectivity index (χ3n) is 6.71. The van der Waals surface area contributed by atoms with Gasteiger partial charge in [0.1, 0.15) is 17.5 Å². The number of ether oxygens (including phenoxy) is 3. The molecule has 0 bridgehead atoms. The van der Waals surface area contributed by atoms with E-state index in [1.54, 1.807) is 12.1 Å². The lowest BCUT2D eigenvalue weighted by Gasteiger charge is -2.40. The average molecular weight is 475 g/mol. The molecule has 1 aliphatic heterocycles. The molecule has 3 rings (SSSR count). The topological polar surface area (TPSA) is 126 Å². The van der Waals surface area contributed by atoms with Crippen molar-refractivity contribution >= 4 is 12.0 Å². The van der Waals surface area contributed by atoms with Crippen molar-refractivity contribution in [2.24, 2.45) is 17.8 Å². The van der Waals surface area contributed by atoms with Gasteiger partial charge < -0.3 is 34.6 Å². The molecule has 0 amide bonds. The summed E-state index contributed by atoms with van der Waals surface area (Å²) in [6.07, 6.45) is 3.90. The summed E-state index contributed by atoms with van der Waals surface area (Å²) in [6.45, 7) is 7.12. The number of allylic oxidation sites excluding steroid dienone is 1. The summed E-state index contributed by atoms with van der Waals surface area (Å²) < 4.78 is 17.2. The highest BCUT2D eigenvalue weighted by atomic mass is 16.7. The molecule has 1 heterocycles. The molecule has 8 heteroatoms. The molecule has 0 aromatic heterocycles. The van der Waals surface area contributed by atoms with E-state index in [1.165, 1.54) is 30.5 Å². The van der Waals surface area contributed by atoms with Crippen LogP contribution in [0.4, 0.5) is 0 Å². The van der Waals surface area contributed by atoms with Crippen LogP contribution in [0.1, 0.15) is 38.7 Å². The largest absolute Gasteiger partial charge is 0.508 e. The van der Waals surface area contributed by atoms with Gasteiger partial charge in [0.05, 0.1) is 31.2 Å². The van der Waals surface area contributed by atoms with Crippen molar-refractivity contribution in [3.8, 4) is 5.75 Å². The number of hydrogen-bond donors (Lipinski definition) is 4. The molecule has 8 nitrogen and oxygen atoms in total. The Bertz CT molecular complexity index is 921. The number of carbonyl (C=O) groups is 1. The van der Waals surface area contributed by atoms with Gasteiger partial charge in [-0.25, -0.2) is 4.79 Å². The minimum absolute atomic E-state index is 0.111. The molecule has 0 unspecified atom stereocenters. The van der Waals surface area contributed by atoms with Crippen LogP contribution in [-0.4, -0.2) is 57.6 Å². The van der Waals surface area contributed by atoms with Crippen molar-refractivity contribution in [2.75, 3.05) is 13.2 Å². The molecule has 2 aliphatic rings. The summed E-state index contributed by atoms with van der Waals surface area (Å²) in [6, 6.07) is 6.26. The van der Waals surface area contributed by atoms with Crippen LogP contribution in [0, 0.1) is 17.8 Å². The maximum atomic E-state index is 12.5. The zero-order chi connectivity index (χ0) is 24.9. The van der Waals surface area contributed by atoms with E-state index in [9.17, 15) is 25.2 Å². The minimum Gasteiger partial charge on any atom is -0.508 e. The van der Waals surface area contributed by atoms with Gasteiger partial charge in [0.25, 0.3) is 0 Å². The number of phenolic OH excluding ortho intramolecular Hbond substituents is 1. The number of aliphatic hydroxyl groups excluding tert-OH is 2. The van der Waals surface area contributed by atoms with Crippen molar-refractivity contribution < 1.29 is 39.4 Å². The van der Waals surface area contributed by atoms with E-state index in [4.69, 9.17) is 14.2 Å². The van der Waals surface area contributed by atoms with Crippen molar-refractivity contribution in [1.29, 1.82) is 0 Å². The van der Waals surface area contributed by atoms with Crippen molar-refractivity contribution in [2.45, 2.75) is 51.1 Å². The molecular formula is C26H34O8. The van der Waals surface area contributed by atoms with Crippen LogP contribution in [0.2, 0.25) is 0 Å². The summed E-state index contributed by atoms with van der Waals surface area (Å²) in [5, 5.41) is 40.8. The first-order chi connectivity index (χ1) is 16.2. The van der Waals surface area contributed by atoms with Gasteiger partial charge in [-0.1, -0.05) is 39.0 Å². The van der Waals surface area contributed by atoms with Gasteiger partial charge in [-0.3, -0.25) is 0 Å². The lowest BCUT2D eigenvalue weighted by Crippen LogP contribution is -2.54. The first-order valence-corrected chi connectivity index (χ1v) is 11.5. The lowest BCUT2D eigenvalue weighted by molar-refractivity contribution is -0.210. The first kappa shape index (κ1) is 25.8. The van der Waals surface area contributed by atoms with Crippen LogP contribution in [0.3, 0.4) is 0 Å². The predicted molar refractivity (Wildman–Crippen MR) is 125 cm³/mol. The van der Waals surface area contributed by atoms with E-state index < -0.39 is 42.4 Å². The van der Waals surface area contributed by atoms with Gasteiger partial charge >= 0.3 is 5.97 Å². The molecule has 6 atom stereocenters. The fraction of sp³-hybridized carbons (Fsp3) is 0.500. The number of hydrogen-bond acceptors (Lipinski definition) is 8. The Hall–Kier alpha value is -2.81. The number of esters is 1. The highest BCUT2D eigenvalue weighted by molar-refractivity contribution is 5.87. The van der Waals surface area contributed by atoms with Crippen LogP contribution in [-0.2, 0) is 19.0 Å². The van der Waals surface area contributed by atoms with E-state index in [1.807, 2.05) is 0 Å². The third-order valence-corrected chi connectivity index (χ3v) is 6.71.